The minimum absolute atomic E-state index is 0.0503. The largest absolute Gasteiger partial charge is 0.327 e. The molecule has 0 spiro atoms. The summed E-state index contributed by atoms with van der Waals surface area (Å²) in [6.07, 6.45) is 0. The minimum atomic E-state index is -4.10. The maximum Gasteiger partial charge on any atom is 0.289 e. The fraction of sp³-hybridized carbons (Fsp3) is 0.538. The fourth-order valence-corrected chi connectivity index (χ4v) is 7.24. The molecule has 132 valence electrons. The summed E-state index contributed by atoms with van der Waals surface area (Å²) in [5.41, 5.74) is 5.54. The van der Waals surface area contributed by atoms with Crippen molar-refractivity contribution < 1.29 is 21.8 Å². The topological polar surface area (TPSA) is 141 Å². The first-order valence-electron chi connectivity index (χ1n) is 7.31. The van der Waals surface area contributed by atoms with Crippen molar-refractivity contribution in [3.05, 3.63) is 34.4 Å². The first-order valence-corrected chi connectivity index (χ1v) is 10.6. The van der Waals surface area contributed by atoms with Gasteiger partial charge in [-0.15, -0.1) is 0 Å². The molecule has 24 heavy (non-hydrogen) atoms. The predicted molar refractivity (Wildman–Crippen MR) is 85.5 cm³/mol. The van der Waals surface area contributed by atoms with Crippen LogP contribution >= 0.6 is 0 Å². The van der Waals surface area contributed by atoms with Crippen molar-refractivity contribution in [1.82, 2.24) is 4.31 Å². The molecule has 0 saturated carbocycles. The lowest BCUT2D eigenvalue weighted by Gasteiger charge is -2.44. The van der Waals surface area contributed by atoms with Gasteiger partial charge in [0.05, 0.1) is 16.4 Å². The number of nitro groups is 1. The van der Waals surface area contributed by atoms with Gasteiger partial charge >= 0.3 is 0 Å². The Labute approximate surface area is 139 Å². The van der Waals surface area contributed by atoms with Crippen LogP contribution < -0.4 is 5.73 Å². The average Bonchev–Trinajstić information content (AvgIpc) is 2.48. The van der Waals surface area contributed by atoms with E-state index in [4.69, 9.17) is 5.73 Å². The highest BCUT2D eigenvalue weighted by atomic mass is 32.2. The Morgan fingerprint density at radius 1 is 1.17 bits per heavy atom. The van der Waals surface area contributed by atoms with E-state index < -0.39 is 42.3 Å². The highest BCUT2D eigenvalue weighted by Gasteiger charge is 2.47. The molecule has 1 unspecified atom stereocenters. The van der Waals surface area contributed by atoms with Gasteiger partial charge in [-0.3, -0.25) is 10.1 Å². The number of rotatable bonds is 3. The standard InChI is InChI=1S/C13H17N3O6S2/c14-13-9-5-15(6-10(13)8-23(19,20)7-9)24(21,22)12-4-2-1-3-11(12)16(17)18/h1-4,9-10,13H,5-8,14H2/t9-,10+,13?. The van der Waals surface area contributed by atoms with Crippen LogP contribution in [0.5, 0.6) is 0 Å². The van der Waals surface area contributed by atoms with Crippen LogP contribution in [-0.2, 0) is 19.9 Å². The van der Waals surface area contributed by atoms with Gasteiger partial charge in [0.25, 0.3) is 5.69 Å². The Kier molecular flexibility index (Phi) is 4.14. The third-order valence-corrected chi connectivity index (χ3v) is 8.33. The molecule has 9 nitrogen and oxygen atoms in total. The van der Waals surface area contributed by atoms with E-state index in [-0.39, 0.29) is 35.5 Å². The van der Waals surface area contributed by atoms with Crippen LogP contribution in [0.2, 0.25) is 0 Å². The molecule has 2 aliphatic rings. The van der Waals surface area contributed by atoms with Crippen molar-refractivity contribution in [2.45, 2.75) is 10.9 Å². The number of hydrogen-bond acceptors (Lipinski definition) is 7. The summed E-state index contributed by atoms with van der Waals surface area (Å²) in [6, 6.07) is 4.75. The second-order valence-electron chi connectivity index (χ2n) is 6.22. The van der Waals surface area contributed by atoms with Gasteiger partial charge in [0.2, 0.25) is 10.0 Å². The zero-order valence-electron chi connectivity index (χ0n) is 12.6. The van der Waals surface area contributed by atoms with Gasteiger partial charge in [-0.1, -0.05) is 12.1 Å². The van der Waals surface area contributed by atoms with Crippen LogP contribution in [0.25, 0.3) is 0 Å². The monoisotopic (exact) mass is 375 g/mol. The first-order chi connectivity index (χ1) is 11.1. The summed E-state index contributed by atoms with van der Waals surface area (Å²) >= 11 is 0. The molecule has 3 rings (SSSR count). The van der Waals surface area contributed by atoms with Crippen molar-refractivity contribution in [3.63, 3.8) is 0 Å². The molecule has 2 heterocycles. The first kappa shape index (κ1) is 17.3. The number of benzene rings is 1. The normalized spacial score (nSPS) is 30.0. The highest BCUT2D eigenvalue weighted by molar-refractivity contribution is 7.91. The van der Waals surface area contributed by atoms with E-state index in [1.54, 1.807) is 0 Å². The van der Waals surface area contributed by atoms with Crippen molar-refractivity contribution in [2.24, 2.45) is 17.6 Å². The minimum Gasteiger partial charge on any atom is -0.327 e. The van der Waals surface area contributed by atoms with Crippen LogP contribution in [0.4, 0.5) is 5.69 Å². The lowest BCUT2D eigenvalue weighted by Crippen LogP contribution is -2.61. The summed E-state index contributed by atoms with van der Waals surface area (Å²) in [7, 11) is -7.34. The quantitative estimate of drug-likeness (QED) is 0.559. The molecule has 0 aliphatic carbocycles. The zero-order chi connectivity index (χ0) is 17.7. The van der Waals surface area contributed by atoms with Gasteiger partial charge < -0.3 is 5.73 Å². The number of hydrogen-bond donors (Lipinski definition) is 1. The molecule has 2 bridgehead atoms. The van der Waals surface area contributed by atoms with E-state index in [1.165, 1.54) is 18.2 Å². The van der Waals surface area contributed by atoms with Crippen molar-refractivity contribution in [1.29, 1.82) is 0 Å². The SMILES string of the molecule is NC1[C@@H]2CN(S(=O)(=O)c3ccccc3[N+](=O)[O-])C[C@H]1CS(=O)(=O)C2. The van der Waals surface area contributed by atoms with Crippen molar-refractivity contribution >= 4 is 25.5 Å². The Morgan fingerprint density at radius 3 is 2.25 bits per heavy atom. The molecule has 3 atom stereocenters. The Morgan fingerprint density at radius 2 is 1.71 bits per heavy atom. The van der Waals surface area contributed by atoms with Gasteiger partial charge in [-0.05, 0) is 6.07 Å². The van der Waals surface area contributed by atoms with Gasteiger partial charge in [0.1, 0.15) is 0 Å². The smallest absolute Gasteiger partial charge is 0.289 e. The van der Waals surface area contributed by atoms with E-state index in [9.17, 15) is 26.9 Å². The van der Waals surface area contributed by atoms with Crippen molar-refractivity contribution in [3.8, 4) is 0 Å². The Hall–Kier alpha value is -1.56. The summed E-state index contributed by atoms with van der Waals surface area (Å²) < 4.78 is 50.5. The molecule has 0 aromatic heterocycles. The molecule has 1 aromatic carbocycles. The van der Waals surface area contributed by atoms with Gasteiger partial charge in [-0.25, -0.2) is 16.8 Å². The maximum atomic E-state index is 12.8. The Bertz CT molecular complexity index is 861. The van der Waals surface area contributed by atoms with E-state index in [2.05, 4.69) is 0 Å². The molecule has 2 fully saturated rings. The lowest BCUT2D eigenvalue weighted by atomic mass is 9.87. The summed E-state index contributed by atoms with van der Waals surface area (Å²) in [5.74, 6) is -1.32. The number of piperidine rings is 1. The second-order valence-corrected chi connectivity index (χ2v) is 10.3. The third kappa shape index (κ3) is 2.92. The number of sulfone groups is 1. The summed E-state index contributed by atoms with van der Waals surface area (Å²) in [5, 5.41) is 11.1. The highest BCUT2D eigenvalue weighted by Crippen LogP contribution is 2.34. The van der Waals surface area contributed by atoms with Crippen LogP contribution in [-0.4, -0.2) is 56.7 Å². The van der Waals surface area contributed by atoms with Crippen LogP contribution in [0.15, 0.2) is 29.2 Å². The molecular formula is C13H17N3O6S2. The average molecular weight is 375 g/mol. The lowest BCUT2D eigenvalue weighted by molar-refractivity contribution is -0.387. The number of nitrogens with two attached hydrogens (primary N) is 1. The third-order valence-electron chi connectivity index (χ3n) is 4.58. The number of nitrogens with zero attached hydrogens (tertiary/aromatic N) is 2. The molecule has 0 radical (unpaired) electrons. The van der Waals surface area contributed by atoms with Crippen LogP contribution in [0, 0.1) is 22.0 Å². The molecule has 2 aliphatic heterocycles. The van der Waals surface area contributed by atoms with Crippen LogP contribution in [0.1, 0.15) is 0 Å². The molecule has 1 aromatic rings. The molecule has 11 heteroatoms. The number of fused-ring (bicyclic) bond motifs is 2. The van der Waals surface area contributed by atoms with Crippen LogP contribution in [0.3, 0.4) is 0 Å². The molecular weight excluding hydrogens is 358 g/mol. The second kappa shape index (κ2) is 5.76. The molecule has 2 saturated heterocycles. The van der Waals surface area contributed by atoms with E-state index in [0.717, 1.165) is 10.4 Å². The van der Waals surface area contributed by atoms with E-state index in [1.807, 2.05) is 0 Å². The van der Waals surface area contributed by atoms with E-state index in [0.29, 0.717) is 0 Å². The van der Waals surface area contributed by atoms with Crippen molar-refractivity contribution in [2.75, 3.05) is 24.6 Å². The van der Waals surface area contributed by atoms with Gasteiger partial charge in [0, 0.05) is 37.0 Å². The zero-order valence-corrected chi connectivity index (χ0v) is 14.2. The summed E-state index contributed by atoms with van der Waals surface area (Å²) in [6.45, 7) is -0.101. The number of nitro benzene ring substituents is 1. The number of sulfonamides is 1. The van der Waals surface area contributed by atoms with Gasteiger partial charge in [-0.2, -0.15) is 4.31 Å². The van der Waals surface area contributed by atoms with E-state index >= 15 is 0 Å². The van der Waals surface area contributed by atoms with Gasteiger partial charge in [0.15, 0.2) is 14.7 Å². The summed E-state index contributed by atoms with van der Waals surface area (Å²) in [4.78, 5) is 9.98. The maximum absolute atomic E-state index is 12.8. The molecule has 2 N–H and O–H groups in total. The Balaban J connectivity index is 1.97. The fourth-order valence-electron chi connectivity index (χ4n) is 3.44. The molecule has 0 amide bonds. The predicted octanol–water partition coefficient (Wildman–Crippen LogP) is -0.413. The number of para-hydroxylation sites is 1.